The van der Waals surface area contributed by atoms with Gasteiger partial charge in [0.2, 0.25) is 5.91 Å². The first-order chi connectivity index (χ1) is 5.22. The zero-order valence-corrected chi connectivity index (χ0v) is 6.45. The van der Waals surface area contributed by atoms with E-state index in [0.717, 1.165) is 0 Å². The van der Waals surface area contributed by atoms with Gasteiger partial charge in [0.05, 0.1) is 0 Å². The summed E-state index contributed by atoms with van der Waals surface area (Å²) < 4.78 is 0. The van der Waals surface area contributed by atoms with Crippen LogP contribution in [0.4, 0.5) is 0 Å². The summed E-state index contributed by atoms with van der Waals surface area (Å²) in [5, 5.41) is 1.68. The Balaban J connectivity index is 2.37. The number of nitrogens with one attached hydrogen (secondary N) is 1. The number of hydrazine groups is 1. The molecule has 0 fully saturated rings. The Hall–Kier alpha value is -1.45. The molecule has 1 N–H and O–H groups in total. The van der Waals surface area contributed by atoms with Gasteiger partial charge in [0.1, 0.15) is 6.67 Å². The summed E-state index contributed by atoms with van der Waals surface area (Å²) in [6.45, 7) is 5.70. The van der Waals surface area contributed by atoms with Gasteiger partial charge in [-0.25, -0.2) is 0 Å². The summed E-state index contributed by atoms with van der Waals surface area (Å²) in [4.78, 5) is 12.4. The maximum absolute atomic E-state index is 10.6. The molecule has 0 bridgehead atoms. The van der Waals surface area contributed by atoms with E-state index in [9.17, 15) is 4.79 Å². The summed E-state index contributed by atoms with van der Waals surface area (Å²) in [7, 11) is 0. The molecular weight excluding hydrogens is 142 g/mol. The minimum absolute atomic E-state index is 0.0689. The lowest BCUT2D eigenvalue weighted by molar-refractivity contribution is -0.122. The third kappa shape index (κ3) is 2.00. The van der Waals surface area contributed by atoms with E-state index in [1.54, 1.807) is 17.4 Å². The SMILES string of the molecule is C=CN1C=CN(NC(C)=O)C1. The highest BCUT2D eigenvalue weighted by Crippen LogP contribution is 2.02. The van der Waals surface area contributed by atoms with E-state index < -0.39 is 0 Å². The van der Waals surface area contributed by atoms with Crippen LogP contribution in [0.3, 0.4) is 0 Å². The maximum atomic E-state index is 10.6. The van der Waals surface area contributed by atoms with Gasteiger partial charge in [0.15, 0.2) is 0 Å². The lowest BCUT2D eigenvalue weighted by Crippen LogP contribution is -2.37. The molecule has 0 atom stereocenters. The molecule has 0 radical (unpaired) electrons. The van der Waals surface area contributed by atoms with Crippen molar-refractivity contribution in [2.75, 3.05) is 6.67 Å². The molecule has 1 aliphatic rings. The molecule has 0 aromatic rings. The van der Waals surface area contributed by atoms with E-state index in [4.69, 9.17) is 0 Å². The summed E-state index contributed by atoms with van der Waals surface area (Å²) in [6.07, 6.45) is 5.31. The zero-order chi connectivity index (χ0) is 8.27. The fraction of sp³-hybridized carbons (Fsp3) is 0.286. The van der Waals surface area contributed by atoms with Crippen LogP contribution in [0.5, 0.6) is 0 Å². The molecule has 11 heavy (non-hydrogen) atoms. The summed E-state index contributed by atoms with van der Waals surface area (Å²) in [5.41, 5.74) is 2.62. The smallest absolute Gasteiger partial charge is 0.235 e. The van der Waals surface area contributed by atoms with Crippen molar-refractivity contribution in [3.8, 4) is 0 Å². The number of hydrogen-bond donors (Lipinski definition) is 1. The van der Waals surface area contributed by atoms with Gasteiger partial charge in [-0.1, -0.05) is 6.58 Å². The third-order valence-electron chi connectivity index (χ3n) is 1.29. The van der Waals surface area contributed by atoms with Crippen LogP contribution in [-0.2, 0) is 4.79 Å². The maximum Gasteiger partial charge on any atom is 0.235 e. The fourth-order valence-corrected chi connectivity index (χ4v) is 0.830. The first kappa shape index (κ1) is 7.65. The van der Waals surface area contributed by atoms with E-state index in [1.807, 2.05) is 11.1 Å². The van der Waals surface area contributed by atoms with Gasteiger partial charge in [0.25, 0.3) is 0 Å². The average molecular weight is 153 g/mol. The van der Waals surface area contributed by atoms with Crippen LogP contribution in [0.25, 0.3) is 0 Å². The molecule has 1 heterocycles. The van der Waals surface area contributed by atoms with Gasteiger partial charge < -0.3 is 4.90 Å². The number of rotatable bonds is 2. The Morgan fingerprint density at radius 1 is 1.73 bits per heavy atom. The topological polar surface area (TPSA) is 35.6 Å². The Kier molecular flexibility index (Phi) is 2.15. The Bertz CT molecular complexity index is 200. The van der Waals surface area contributed by atoms with Gasteiger partial charge >= 0.3 is 0 Å². The van der Waals surface area contributed by atoms with Crippen LogP contribution in [0.15, 0.2) is 25.2 Å². The minimum atomic E-state index is -0.0689. The van der Waals surface area contributed by atoms with Crippen LogP contribution in [-0.4, -0.2) is 22.5 Å². The van der Waals surface area contributed by atoms with Crippen molar-refractivity contribution < 1.29 is 4.79 Å². The Labute approximate surface area is 65.7 Å². The van der Waals surface area contributed by atoms with Crippen LogP contribution in [0.2, 0.25) is 0 Å². The van der Waals surface area contributed by atoms with E-state index in [0.29, 0.717) is 6.67 Å². The molecule has 60 valence electrons. The quantitative estimate of drug-likeness (QED) is 0.616. The van der Waals surface area contributed by atoms with E-state index in [-0.39, 0.29) is 5.91 Å². The monoisotopic (exact) mass is 153 g/mol. The number of carbonyl (C=O) groups is 1. The molecule has 0 saturated heterocycles. The van der Waals surface area contributed by atoms with Crippen molar-refractivity contribution in [3.63, 3.8) is 0 Å². The molecule has 0 aliphatic carbocycles. The molecule has 4 heteroatoms. The van der Waals surface area contributed by atoms with Crippen molar-refractivity contribution in [1.29, 1.82) is 0 Å². The lowest BCUT2D eigenvalue weighted by atomic mass is 10.7. The average Bonchev–Trinajstić information content (AvgIpc) is 2.34. The fourth-order valence-electron chi connectivity index (χ4n) is 0.830. The third-order valence-corrected chi connectivity index (χ3v) is 1.29. The van der Waals surface area contributed by atoms with Crippen LogP contribution in [0, 0.1) is 0 Å². The first-order valence-corrected chi connectivity index (χ1v) is 3.33. The molecule has 0 aromatic heterocycles. The van der Waals surface area contributed by atoms with Gasteiger partial charge in [-0.2, -0.15) is 0 Å². The number of amides is 1. The highest BCUT2D eigenvalue weighted by molar-refractivity contribution is 5.72. The van der Waals surface area contributed by atoms with E-state index in [1.165, 1.54) is 6.92 Å². The highest BCUT2D eigenvalue weighted by atomic mass is 16.2. The molecule has 0 unspecified atom stereocenters. The Morgan fingerprint density at radius 3 is 2.91 bits per heavy atom. The second-order valence-electron chi connectivity index (χ2n) is 2.27. The number of hydrogen-bond acceptors (Lipinski definition) is 3. The largest absolute Gasteiger partial charge is 0.334 e. The second kappa shape index (κ2) is 3.09. The summed E-state index contributed by atoms with van der Waals surface area (Å²) in [5.74, 6) is -0.0689. The minimum Gasteiger partial charge on any atom is -0.334 e. The highest BCUT2D eigenvalue weighted by Gasteiger charge is 2.08. The van der Waals surface area contributed by atoms with Gasteiger partial charge in [-0.15, -0.1) is 0 Å². The first-order valence-electron chi connectivity index (χ1n) is 3.33. The molecule has 0 saturated carbocycles. The van der Waals surface area contributed by atoms with Gasteiger partial charge in [0, 0.05) is 19.3 Å². The van der Waals surface area contributed by atoms with Crippen molar-refractivity contribution in [2.45, 2.75) is 6.92 Å². The van der Waals surface area contributed by atoms with Crippen molar-refractivity contribution in [1.82, 2.24) is 15.3 Å². The molecule has 1 amide bonds. The van der Waals surface area contributed by atoms with E-state index in [2.05, 4.69) is 12.0 Å². The normalized spacial score (nSPS) is 15.4. The zero-order valence-electron chi connectivity index (χ0n) is 6.45. The number of nitrogens with zero attached hydrogens (tertiary/aromatic N) is 2. The van der Waals surface area contributed by atoms with E-state index >= 15 is 0 Å². The predicted octanol–water partition coefficient (Wildman–Crippen LogP) is 0.227. The van der Waals surface area contributed by atoms with Crippen molar-refractivity contribution >= 4 is 5.91 Å². The van der Waals surface area contributed by atoms with Crippen LogP contribution >= 0.6 is 0 Å². The molecule has 1 aliphatic heterocycles. The lowest BCUT2D eigenvalue weighted by Gasteiger charge is -2.17. The summed E-state index contributed by atoms with van der Waals surface area (Å²) >= 11 is 0. The Morgan fingerprint density at radius 2 is 2.45 bits per heavy atom. The summed E-state index contributed by atoms with van der Waals surface area (Å²) in [6, 6.07) is 0. The predicted molar refractivity (Wildman–Crippen MR) is 41.7 cm³/mol. The van der Waals surface area contributed by atoms with Gasteiger partial charge in [-0.05, 0) is 6.20 Å². The molecule has 4 nitrogen and oxygen atoms in total. The standard InChI is InChI=1S/C7H11N3O/c1-3-9-4-5-10(6-9)8-7(2)11/h3-5H,1,6H2,2H3,(H,8,11). The van der Waals surface area contributed by atoms with Crippen molar-refractivity contribution in [2.24, 2.45) is 0 Å². The molecule has 0 aromatic carbocycles. The van der Waals surface area contributed by atoms with Crippen molar-refractivity contribution in [3.05, 3.63) is 25.2 Å². The van der Waals surface area contributed by atoms with Crippen LogP contribution < -0.4 is 5.43 Å². The van der Waals surface area contributed by atoms with Gasteiger partial charge in [-0.3, -0.25) is 15.2 Å². The number of carbonyl (C=O) groups excluding carboxylic acids is 1. The molecular formula is C7H11N3O. The van der Waals surface area contributed by atoms with Crippen LogP contribution in [0.1, 0.15) is 6.92 Å². The molecule has 0 spiro atoms. The second-order valence-corrected chi connectivity index (χ2v) is 2.27. The molecule has 1 rings (SSSR count).